The molecule has 2 heterocycles. The molecule has 0 fully saturated rings. The van der Waals surface area contributed by atoms with E-state index in [9.17, 15) is 0 Å². The first-order chi connectivity index (χ1) is 9.52. The SMILES string of the molecule is CCCNC(Cc1csc(C)n1)c1c(C)nn(C)c1C. The van der Waals surface area contributed by atoms with E-state index >= 15 is 0 Å². The molecule has 5 heteroatoms. The van der Waals surface area contributed by atoms with Crippen LogP contribution in [0.25, 0.3) is 0 Å². The molecule has 110 valence electrons. The van der Waals surface area contributed by atoms with Crippen LogP contribution >= 0.6 is 11.3 Å². The van der Waals surface area contributed by atoms with Crippen LogP contribution in [0.15, 0.2) is 5.38 Å². The summed E-state index contributed by atoms with van der Waals surface area (Å²) in [6.45, 7) is 9.50. The van der Waals surface area contributed by atoms with Crippen LogP contribution in [0.5, 0.6) is 0 Å². The molecule has 1 N–H and O–H groups in total. The van der Waals surface area contributed by atoms with Gasteiger partial charge in [-0.05, 0) is 33.7 Å². The van der Waals surface area contributed by atoms with Gasteiger partial charge in [-0.15, -0.1) is 11.3 Å². The summed E-state index contributed by atoms with van der Waals surface area (Å²) >= 11 is 1.72. The first-order valence-corrected chi connectivity index (χ1v) is 8.05. The lowest BCUT2D eigenvalue weighted by molar-refractivity contribution is 0.520. The van der Waals surface area contributed by atoms with Crippen molar-refractivity contribution in [3.63, 3.8) is 0 Å². The summed E-state index contributed by atoms with van der Waals surface area (Å²) in [5.41, 5.74) is 4.85. The number of nitrogens with zero attached hydrogens (tertiary/aromatic N) is 3. The van der Waals surface area contributed by atoms with E-state index in [0.717, 1.165) is 30.1 Å². The Morgan fingerprint density at radius 3 is 2.60 bits per heavy atom. The summed E-state index contributed by atoms with van der Waals surface area (Å²) in [4.78, 5) is 4.60. The van der Waals surface area contributed by atoms with Crippen LogP contribution < -0.4 is 5.32 Å². The Hall–Kier alpha value is -1.20. The van der Waals surface area contributed by atoms with Gasteiger partial charge in [0.15, 0.2) is 0 Å². The lowest BCUT2D eigenvalue weighted by atomic mass is 10.00. The molecule has 1 atom stereocenters. The van der Waals surface area contributed by atoms with Crippen LogP contribution in [0.4, 0.5) is 0 Å². The third-order valence-electron chi connectivity index (χ3n) is 3.63. The molecule has 0 aliphatic rings. The van der Waals surface area contributed by atoms with Gasteiger partial charge in [-0.1, -0.05) is 6.92 Å². The van der Waals surface area contributed by atoms with Gasteiger partial charge in [-0.25, -0.2) is 4.98 Å². The number of hydrogen-bond acceptors (Lipinski definition) is 4. The van der Waals surface area contributed by atoms with Crippen LogP contribution in [0.3, 0.4) is 0 Å². The Morgan fingerprint density at radius 2 is 2.10 bits per heavy atom. The molecule has 0 saturated heterocycles. The van der Waals surface area contributed by atoms with Gasteiger partial charge < -0.3 is 5.32 Å². The Morgan fingerprint density at radius 1 is 1.35 bits per heavy atom. The van der Waals surface area contributed by atoms with E-state index in [1.165, 1.54) is 17.0 Å². The predicted octanol–water partition coefficient (Wildman–Crippen LogP) is 3.09. The van der Waals surface area contributed by atoms with Crippen molar-refractivity contribution in [1.29, 1.82) is 0 Å². The van der Waals surface area contributed by atoms with Crippen molar-refractivity contribution >= 4 is 11.3 Å². The molecule has 20 heavy (non-hydrogen) atoms. The summed E-state index contributed by atoms with van der Waals surface area (Å²) in [6.07, 6.45) is 2.06. The van der Waals surface area contributed by atoms with Gasteiger partial charge in [0.2, 0.25) is 0 Å². The van der Waals surface area contributed by atoms with E-state index in [2.05, 4.69) is 48.5 Å². The maximum absolute atomic E-state index is 4.60. The molecule has 0 aliphatic heterocycles. The smallest absolute Gasteiger partial charge is 0.0897 e. The fraction of sp³-hybridized carbons (Fsp3) is 0.600. The average molecular weight is 292 g/mol. The maximum Gasteiger partial charge on any atom is 0.0897 e. The number of thiazole rings is 1. The van der Waals surface area contributed by atoms with Gasteiger partial charge in [0.1, 0.15) is 0 Å². The highest BCUT2D eigenvalue weighted by atomic mass is 32.1. The summed E-state index contributed by atoms with van der Waals surface area (Å²) in [5.74, 6) is 0. The fourth-order valence-electron chi connectivity index (χ4n) is 2.60. The Labute approximate surface area is 125 Å². The van der Waals surface area contributed by atoms with Crippen LogP contribution in [-0.4, -0.2) is 21.3 Å². The molecule has 0 aromatic carbocycles. The summed E-state index contributed by atoms with van der Waals surface area (Å²) in [6, 6.07) is 0.296. The fourth-order valence-corrected chi connectivity index (χ4v) is 3.23. The zero-order chi connectivity index (χ0) is 14.7. The van der Waals surface area contributed by atoms with E-state index in [-0.39, 0.29) is 0 Å². The second-order valence-corrected chi connectivity index (χ2v) is 6.34. The highest BCUT2D eigenvalue weighted by Crippen LogP contribution is 2.25. The Kier molecular flexibility index (Phi) is 4.94. The molecule has 4 nitrogen and oxygen atoms in total. The lowest BCUT2D eigenvalue weighted by Gasteiger charge is -2.18. The third-order valence-corrected chi connectivity index (χ3v) is 4.46. The molecular formula is C15H24N4S. The number of hydrogen-bond donors (Lipinski definition) is 1. The minimum absolute atomic E-state index is 0.296. The largest absolute Gasteiger partial charge is 0.309 e. The molecular weight excluding hydrogens is 268 g/mol. The molecule has 1 unspecified atom stereocenters. The molecule has 0 spiro atoms. The summed E-state index contributed by atoms with van der Waals surface area (Å²) in [7, 11) is 2.01. The van der Waals surface area contributed by atoms with Crippen LogP contribution in [0, 0.1) is 20.8 Å². The maximum atomic E-state index is 4.60. The number of aromatic nitrogens is 3. The highest BCUT2D eigenvalue weighted by Gasteiger charge is 2.20. The first-order valence-electron chi connectivity index (χ1n) is 7.17. The zero-order valence-corrected chi connectivity index (χ0v) is 13.8. The summed E-state index contributed by atoms with van der Waals surface area (Å²) < 4.78 is 1.97. The molecule has 2 rings (SSSR count). The zero-order valence-electron chi connectivity index (χ0n) is 13.0. The van der Waals surface area contributed by atoms with Crippen molar-refractivity contribution in [1.82, 2.24) is 20.1 Å². The van der Waals surface area contributed by atoms with Gasteiger partial charge >= 0.3 is 0 Å². The van der Waals surface area contributed by atoms with Crippen molar-refractivity contribution in [2.24, 2.45) is 7.05 Å². The van der Waals surface area contributed by atoms with Gasteiger partial charge in [-0.2, -0.15) is 5.10 Å². The van der Waals surface area contributed by atoms with Gasteiger partial charge in [-0.3, -0.25) is 4.68 Å². The lowest BCUT2D eigenvalue weighted by Crippen LogP contribution is -2.25. The molecule has 2 aromatic heterocycles. The van der Waals surface area contributed by atoms with E-state index < -0.39 is 0 Å². The Bertz CT molecular complexity index is 570. The molecule has 0 aliphatic carbocycles. The second kappa shape index (κ2) is 6.50. The highest BCUT2D eigenvalue weighted by molar-refractivity contribution is 7.09. The predicted molar refractivity (Wildman–Crippen MR) is 84.3 cm³/mol. The van der Waals surface area contributed by atoms with E-state index in [1.54, 1.807) is 11.3 Å². The van der Waals surface area contributed by atoms with Crippen molar-refractivity contribution in [3.8, 4) is 0 Å². The molecule has 0 saturated carbocycles. The van der Waals surface area contributed by atoms with Crippen molar-refractivity contribution in [3.05, 3.63) is 33.0 Å². The monoisotopic (exact) mass is 292 g/mol. The minimum atomic E-state index is 0.296. The average Bonchev–Trinajstić information content (AvgIpc) is 2.90. The van der Waals surface area contributed by atoms with Gasteiger partial charge in [0.05, 0.1) is 16.4 Å². The third kappa shape index (κ3) is 3.27. The van der Waals surface area contributed by atoms with Gasteiger partial charge in [0, 0.05) is 36.1 Å². The molecule has 2 aromatic rings. The van der Waals surface area contributed by atoms with E-state index in [4.69, 9.17) is 0 Å². The minimum Gasteiger partial charge on any atom is -0.309 e. The number of nitrogens with one attached hydrogen (secondary N) is 1. The standard InChI is InChI=1S/C15H24N4S/c1-6-7-16-14(8-13-9-20-12(4)17-13)15-10(2)18-19(5)11(15)3/h9,14,16H,6-8H2,1-5H3. The molecule has 0 radical (unpaired) electrons. The van der Waals surface area contributed by atoms with Crippen LogP contribution in [-0.2, 0) is 13.5 Å². The first kappa shape index (κ1) is 15.2. The van der Waals surface area contributed by atoms with Crippen LogP contribution in [0.2, 0.25) is 0 Å². The molecule has 0 amide bonds. The van der Waals surface area contributed by atoms with E-state index in [1.807, 2.05) is 11.7 Å². The normalized spacial score (nSPS) is 12.8. The van der Waals surface area contributed by atoms with Crippen LogP contribution in [0.1, 0.15) is 47.0 Å². The summed E-state index contributed by atoms with van der Waals surface area (Å²) in [5, 5.41) is 11.5. The number of rotatable bonds is 6. The molecule has 0 bridgehead atoms. The quantitative estimate of drug-likeness (QED) is 0.889. The number of aryl methyl sites for hydroxylation is 3. The second-order valence-electron chi connectivity index (χ2n) is 5.28. The van der Waals surface area contributed by atoms with Crippen molar-refractivity contribution in [2.75, 3.05) is 6.54 Å². The van der Waals surface area contributed by atoms with E-state index in [0.29, 0.717) is 6.04 Å². The van der Waals surface area contributed by atoms with Gasteiger partial charge in [0.25, 0.3) is 0 Å². The topological polar surface area (TPSA) is 42.7 Å². The Balaban J connectivity index is 2.26. The van der Waals surface area contributed by atoms with Crippen molar-refractivity contribution < 1.29 is 0 Å². The van der Waals surface area contributed by atoms with Crippen molar-refractivity contribution in [2.45, 2.75) is 46.6 Å².